The van der Waals surface area contributed by atoms with Crippen LogP contribution < -0.4 is 10.7 Å². The minimum absolute atomic E-state index is 0.0907. The van der Waals surface area contributed by atoms with Crippen LogP contribution in [0.25, 0.3) is 0 Å². The van der Waals surface area contributed by atoms with Gasteiger partial charge in [-0.05, 0) is 12.0 Å². The molecule has 4 amide bonds. The molecule has 1 aromatic carbocycles. The molecule has 0 saturated carbocycles. The zero-order valence-corrected chi connectivity index (χ0v) is 19.8. The zero-order chi connectivity index (χ0) is 24.3. The van der Waals surface area contributed by atoms with Crippen molar-refractivity contribution in [2.45, 2.75) is 45.2 Å². The largest absolute Gasteiger partial charge is 0.344 e. The first kappa shape index (κ1) is 23.8. The lowest BCUT2D eigenvalue weighted by molar-refractivity contribution is -0.140. The van der Waals surface area contributed by atoms with Gasteiger partial charge in [0.25, 0.3) is 11.8 Å². The molecule has 0 spiro atoms. The third-order valence-electron chi connectivity index (χ3n) is 6.32. The smallest absolute Gasteiger partial charge is 0.338 e. The van der Waals surface area contributed by atoms with E-state index < -0.39 is 23.4 Å². The fourth-order valence-corrected chi connectivity index (χ4v) is 4.27. The van der Waals surface area contributed by atoms with E-state index in [9.17, 15) is 14.4 Å². The van der Waals surface area contributed by atoms with Crippen molar-refractivity contribution < 1.29 is 18.9 Å². The van der Waals surface area contributed by atoms with E-state index in [1.165, 1.54) is 0 Å². The van der Waals surface area contributed by atoms with Crippen LogP contribution in [0.15, 0.2) is 34.9 Å². The summed E-state index contributed by atoms with van der Waals surface area (Å²) in [5, 5.41) is 7.56. The van der Waals surface area contributed by atoms with E-state index in [-0.39, 0.29) is 12.5 Å². The van der Waals surface area contributed by atoms with E-state index in [2.05, 4.69) is 25.8 Å². The number of urea groups is 1. The van der Waals surface area contributed by atoms with Gasteiger partial charge in [0, 0.05) is 32.1 Å². The molecule has 0 aliphatic carbocycles. The molecule has 11 heteroatoms. The highest BCUT2D eigenvalue weighted by atomic mass is 16.5. The van der Waals surface area contributed by atoms with Gasteiger partial charge in [-0.2, -0.15) is 9.99 Å². The number of hydrogen-bond acceptors (Lipinski definition) is 8. The van der Waals surface area contributed by atoms with Gasteiger partial charge in [0.1, 0.15) is 5.54 Å². The van der Waals surface area contributed by atoms with Crippen LogP contribution in [-0.2, 0) is 21.7 Å². The molecule has 0 radical (unpaired) electrons. The summed E-state index contributed by atoms with van der Waals surface area (Å²) in [5.74, 6) is 0.615. The SMILES string of the molecule is CCC1(c2ccccc2)NC(=O)N(NC(=O)CN2CCN(Cc3nc(C(C)C)no3)CC2)C1=O. The third-order valence-corrected chi connectivity index (χ3v) is 6.32. The summed E-state index contributed by atoms with van der Waals surface area (Å²) in [6.07, 6.45) is 0.370. The van der Waals surface area contributed by atoms with Crippen LogP contribution in [0.3, 0.4) is 0 Å². The Morgan fingerprint density at radius 1 is 1.15 bits per heavy atom. The molecule has 2 N–H and O–H groups in total. The summed E-state index contributed by atoms with van der Waals surface area (Å²) in [4.78, 5) is 47.0. The van der Waals surface area contributed by atoms with Crippen molar-refractivity contribution in [3.8, 4) is 0 Å². The first-order chi connectivity index (χ1) is 16.3. The molecule has 4 rings (SSSR count). The second-order valence-electron chi connectivity index (χ2n) is 8.98. The van der Waals surface area contributed by atoms with E-state index >= 15 is 0 Å². The van der Waals surface area contributed by atoms with Gasteiger partial charge in [0.15, 0.2) is 5.82 Å². The molecule has 11 nitrogen and oxygen atoms in total. The molecule has 2 aromatic rings. The maximum Gasteiger partial charge on any atom is 0.344 e. The Morgan fingerprint density at radius 2 is 1.82 bits per heavy atom. The van der Waals surface area contributed by atoms with Crippen molar-refractivity contribution in [1.82, 2.24) is 35.7 Å². The Bertz CT molecular complexity index is 1030. The lowest BCUT2D eigenvalue weighted by Gasteiger charge is -2.33. The van der Waals surface area contributed by atoms with Gasteiger partial charge in [0.2, 0.25) is 5.89 Å². The van der Waals surface area contributed by atoms with Crippen LogP contribution in [0.1, 0.15) is 50.4 Å². The van der Waals surface area contributed by atoms with Crippen LogP contribution in [0.4, 0.5) is 4.79 Å². The fraction of sp³-hybridized carbons (Fsp3) is 0.522. The average Bonchev–Trinajstić information content (AvgIpc) is 3.40. The molecule has 2 saturated heterocycles. The Kier molecular flexibility index (Phi) is 6.94. The van der Waals surface area contributed by atoms with E-state index in [1.54, 1.807) is 12.1 Å². The van der Waals surface area contributed by atoms with E-state index in [0.717, 1.165) is 18.1 Å². The highest BCUT2D eigenvalue weighted by Crippen LogP contribution is 2.31. The fourth-order valence-electron chi connectivity index (χ4n) is 4.27. The Morgan fingerprint density at radius 3 is 2.44 bits per heavy atom. The van der Waals surface area contributed by atoms with E-state index in [1.807, 2.05) is 43.9 Å². The lowest BCUT2D eigenvalue weighted by atomic mass is 9.87. The number of hydrazine groups is 1. The molecule has 2 aliphatic heterocycles. The Balaban J connectivity index is 1.28. The molecule has 182 valence electrons. The number of piperazine rings is 1. The topological polar surface area (TPSA) is 124 Å². The lowest BCUT2D eigenvalue weighted by Crippen LogP contribution is -2.53. The van der Waals surface area contributed by atoms with Gasteiger partial charge < -0.3 is 9.84 Å². The molecule has 34 heavy (non-hydrogen) atoms. The monoisotopic (exact) mass is 469 g/mol. The zero-order valence-electron chi connectivity index (χ0n) is 19.8. The molecule has 0 bridgehead atoms. The number of nitrogens with zero attached hydrogens (tertiary/aromatic N) is 5. The minimum atomic E-state index is -1.18. The predicted octanol–water partition coefficient (Wildman–Crippen LogP) is 1.20. The summed E-state index contributed by atoms with van der Waals surface area (Å²) < 4.78 is 5.32. The van der Waals surface area contributed by atoms with Gasteiger partial charge in [-0.15, -0.1) is 0 Å². The van der Waals surface area contributed by atoms with Crippen molar-refractivity contribution in [2.75, 3.05) is 32.7 Å². The number of carbonyl (C=O) groups is 3. The van der Waals surface area contributed by atoms with Crippen LogP contribution >= 0.6 is 0 Å². The van der Waals surface area contributed by atoms with Crippen LogP contribution in [-0.4, -0.2) is 75.5 Å². The van der Waals surface area contributed by atoms with Crippen molar-refractivity contribution in [1.29, 1.82) is 0 Å². The molecule has 2 aliphatic rings. The van der Waals surface area contributed by atoms with Crippen molar-refractivity contribution in [3.05, 3.63) is 47.6 Å². The van der Waals surface area contributed by atoms with Gasteiger partial charge in [0.05, 0.1) is 13.1 Å². The number of aromatic nitrogens is 2. The van der Waals surface area contributed by atoms with Gasteiger partial charge >= 0.3 is 6.03 Å². The molecule has 3 heterocycles. The predicted molar refractivity (Wildman–Crippen MR) is 122 cm³/mol. The minimum Gasteiger partial charge on any atom is -0.338 e. The van der Waals surface area contributed by atoms with Crippen LogP contribution in [0.2, 0.25) is 0 Å². The maximum atomic E-state index is 13.1. The number of amides is 4. The van der Waals surface area contributed by atoms with E-state index in [4.69, 9.17) is 4.52 Å². The molecule has 1 unspecified atom stereocenters. The second kappa shape index (κ2) is 9.90. The summed E-state index contributed by atoms with van der Waals surface area (Å²) in [5.41, 5.74) is 2.00. The third kappa shape index (κ3) is 4.80. The average molecular weight is 470 g/mol. The number of imide groups is 1. The van der Waals surface area contributed by atoms with Crippen molar-refractivity contribution in [3.63, 3.8) is 0 Å². The second-order valence-corrected chi connectivity index (χ2v) is 8.98. The van der Waals surface area contributed by atoms with Crippen molar-refractivity contribution in [2.24, 2.45) is 0 Å². The normalized spacial score (nSPS) is 21.8. The summed E-state index contributed by atoms with van der Waals surface area (Å²) in [6, 6.07) is 8.44. The number of nitrogens with one attached hydrogen (secondary N) is 2. The maximum absolute atomic E-state index is 13.1. The standard InChI is InChI=1S/C23H31N7O4/c1-4-23(17-8-6-5-7-9-17)21(32)30(22(33)25-23)26-18(31)14-28-10-12-29(13-11-28)15-19-24-20(16(2)3)27-34-19/h5-9,16H,4,10-15H2,1-3H3,(H,25,33)(H,26,31). The number of rotatable bonds is 8. The molecule has 1 aromatic heterocycles. The van der Waals surface area contributed by atoms with Crippen LogP contribution in [0, 0.1) is 0 Å². The Hall–Kier alpha value is -3.31. The molecular weight excluding hydrogens is 438 g/mol. The summed E-state index contributed by atoms with van der Waals surface area (Å²) in [7, 11) is 0. The number of carbonyl (C=O) groups excluding carboxylic acids is 3. The van der Waals surface area contributed by atoms with Gasteiger partial charge in [-0.3, -0.25) is 24.8 Å². The van der Waals surface area contributed by atoms with Gasteiger partial charge in [-0.25, -0.2) is 4.79 Å². The summed E-state index contributed by atoms with van der Waals surface area (Å²) in [6.45, 7) is 9.33. The van der Waals surface area contributed by atoms with Crippen LogP contribution in [0.5, 0.6) is 0 Å². The first-order valence-corrected chi connectivity index (χ1v) is 11.6. The first-order valence-electron chi connectivity index (χ1n) is 11.6. The number of hydrogen-bond donors (Lipinski definition) is 2. The molecular formula is C23H31N7O4. The van der Waals surface area contributed by atoms with Crippen molar-refractivity contribution >= 4 is 17.8 Å². The molecule has 2 fully saturated rings. The Labute approximate surface area is 198 Å². The summed E-state index contributed by atoms with van der Waals surface area (Å²) >= 11 is 0. The van der Waals surface area contributed by atoms with E-state index in [0.29, 0.717) is 43.3 Å². The highest BCUT2D eigenvalue weighted by Gasteiger charge is 2.52. The number of benzene rings is 1. The van der Waals surface area contributed by atoms with Gasteiger partial charge in [-0.1, -0.05) is 56.3 Å². The quantitative estimate of drug-likeness (QED) is 0.553. The molecule has 1 atom stereocenters. The highest BCUT2D eigenvalue weighted by molar-refractivity contribution is 6.08.